The highest BCUT2D eigenvalue weighted by molar-refractivity contribution is 6.76. The van der Waals surface area contributed by atoms with Crippen LogP contribution in [0.15, 0.2) is 6.07 Å². The number of aryl methyl sites for hydroxylation is 1. The third-order valence-corrected chi connectivity index (χ3v) is 5.61. The van der Waals surface area contributed by atoms with E-state index < -0.39 is 19.7 Å². The molecule has 0 fully saturated rings. The van der Waals surface area contributed by atoms with Gasteiger partial charge in [-0.3, -0.25) is 0 Å². The van der Waals surface area contributed by atoms with Crippen molar-refractivity contribution in [3.05, 3.63) is 34.4 Å². The number of halogens is 2. The smallest absolute Gasteiger partial charge is 0.164 e. The topological polar surface area (TPSA) is 18.5 Å². The molecule has 0 N–H and O–H groups in total. The van der Waals surface area contributed by atoms with Gasteiger partial charge in [-0.25, -0.2) is 8.78 Å². The first kappa shape index (κ1) is 16.6. The molecule has 0 aromatic heterocycles. The Labute approximate surface area is 126 Å². The van der Waals surface area contributed by atoms with Gasteiger partial charge in [-0.05, 0) is 36.1 Å². The molecule has 0 bridgehead atoms. The Morgan fingerprint density at radius 3 is 2.62 bits per heavy atom. The first-order chi connectivity index (χ1) is 9.83. The summed E-state index contributed by atoms with van der Waals surface area (Å²) in [6, 6.07) is 2.38. The maximum absolute atomic E-state index is 14.0. The largest absolute Gasteiger partial charge is 0.380 e. The van der Waals surface area contributed by atoms with Gasteiger partial charge in [-0.1, -0.05) is 19.6 Å². The highest BCUT2D eigenvalue weighted by Gasteiger charge is 2.30. The molecule has 1 aliphatic rings. The van der Waals surface area contributed by atoms with E-state index in [1.807, 2.05) is 0 Å². The summed E-state index contributed by atoms with van der Waals surface area (Å²) >= 11 is 0. The summed E-state index contributed by atoms with van der Waals surface area (Å²) in [6.07, 6.45) is 1.40. The normalized spacial score (nSPS) is 18.1. The van der Waals surface area contributed by atoms with Crippen LogP contribution in [0.2, 0.25) is 25.7 Å². The van der Waals surface area contributed by atoms with Crippen molar-refractivity contribution in [1.29, 1.82) is 0 Å². The van der Waals surface area contributed by atoms with Crippen LogP contribution >= 0.6 is 0 Å². The number of hydrogen-bond acceptors (Lipinski definition) is 2. The lowest BCUT2D eigenvalue weighted by molar-refractivity contribution is 0.0610. The molecule has 21 heavy (non-hydrogen) atoms. The molecule has 2 nitrogen and oxygen atoms in total. The molecule has 118 valence electrons. The van der Waals surface area contributed by atoms with E-state index in [-0.39, 0.29) is 12.7 Å². The van der Waals surface area contributed by atoms with Crippen LogP contribution < -0.4 is 0 Å². The number of benzene rings is 1. The molecule has 0 aliphatic heterocycles. The Morgan fingerprint density at radius 1 is 1.29 bits per heavy atom. The van der Waals surface area contributed by atoms with Gasteiger partial charge in [0.1, 0.15) is 0 Å². The SMILES string of the molecule is COCc1c(F)c(F)cc2c1C(OCC[Si](C)(C)C)CC2. The lowest BCUT2D eigenvalue weighted by Gasteiger charge is -2.20. The van der Waals surface area contributed by atoms with Crippen LogP contribution in [-0.4, -0.2) is 21.8 Å². The van der Waals surface area contributed by atoms with E-state index in [0.717, 1.165) is 30.0 Å². The van der Waals surface area contributed by atoms with Gasteiger partial charge < -0.3 is 9.47 Å². The van der Waals surface area contributed by atoms with Crippen molar-refractivity contribution in [2.45, 2.75) is 51.2 Å². The molecule has 0 saturated heterocycles. The molecule has 1 aromatic rings. The Bertz CT molecular complexity index is 512. The van der Waals surface area contributed by atoms with Gasteiger partial charge in [0.25, 0.3) is 0 Å². The van der Waals surface area contributed by atoms with Gasteiger partial charge >= 0.3 is 0 Å². The number of ether oxygens (including phenoxy) is 2. The summed E-state index contributed by atoms with van der Waals surface area (Å²) < 4.78 is 38.7. The highest BCUT2D eigenvalue weighted by Crippen LogP contribution is 2.39. The first-order valence-electron chi connectivity index (χ1n) is 7.43. The second kappa shape index (κ2) is 6.54. The van der Waals surface area contributed by atoms with E-state index >= 15 is 0 Å². The maximum Gasteiger partial charge on any atom is 0.164 e. The molecule has 2 rings (SSSR count). The molecule has 0 radical (unpaired) electrons. The minimum absolute atomic E-state index is 0.0831. The van der Waals surface area contributed by atoms with Crippen LogP contribution in [0.25, 0.3) is 0 Å². The van der Waals surface area contributed by atoms with Crippen molar-refractivity contribution in [2.75, 3.05) is 13.7 Å². The van der Waals surface area contributed by atoms with Gasteiger partial charge in [0, 0.05) is 27.4 Å². The first-order valence-corrected chi connectivity index (χ1v) is 11.1. The fraction of sp³-hybridized carbons (Fsp3) is 0.625. The summed E-state index contributed by atoms with van der Waals surface area (Å²) in [7, 11) is 0.340. The fourth-order valence-corrected chi connectivity index (χ4v) is 3.48. The van der Waals surface area contributed by atoms with E-state index in [0.29, 0.717) is 12.2 Å². The Morgan fingerprint density at radius 2 is 2.00 bits per heavy atom. The molecular weight excluding hydrogens is 290 g/mol. The molecule has 1 unspecified atom stereocenters. The minimum atomic E-state index is -1.15. The summed E-state index contributed by atoms with van der Waals surface area (Å²) in [5, 5.41) is 0. The van der Waals surface area contributed by atoms with E-state index in [9.17, 15) is 8.78 Å². The average Bonchev–Trinajstić information content (AvgIpc) is 2.76. The molecule has 1 aromatic carbocycles. The molecule has 0 amide bonds. The highest BCUT2D eigenvalue weighted by atomic mass is 28.3. The number of rotatable bonds is 6. The maximum atomic E-state index is 14.0. The molecule has 5 heteroatoms. The van der Waals surface area contributed by atoms with E-state index in [1.165, 1.54) is 13.2 Å². The predicted molar refractivity (Wildman–Crippen MR) is 82.2 cm³/mol. The standard InChI is InChI=1S/C16H24F2O2Si/c1-19-10-12-15-11(9-13(17)16(12)18)5-6-14(15)20-7-8-21(2,3)4/h9,14H,5-8,10H2,1-4H3. The lowest BCUT2D eigenvalue weighted by atomic mass is 10.0. The number of fused-ring (bicyclic) bond motifs is 1. The van der Waals surface area contributed by atoms with Gasteiger partial charge in [0.15, 0.2) is 11.6 Å². The quantitative estimate of drug-likeness (QED) is 0.722. The molecule has 1 aliphatic carbocycles. The Hall–Kier alpha value is -0.783. The molecule has 0 spiro atoms. The predicted octanol–water partition coefficient (Wildman–Crippen LogP) is 4.45. The van der Waals surface area contributed by atoms with E-state index in [2.05, 4.69) is 19.6 Å². The van der Waals surface area contributed by atoms with E-state index in [1.54, 1.807) is 0 Å². The summed E-state index contributed by atoms with van der Waals surface area (Å²) in [4.78, 5) is 0. The van der Waals surface area contributed by atoms with E-state index in [4.69, 9.17) is 9.47 Å². The Balaban J connectivity index is 2.19. The second-order valence-corrected chi connectivity index (χ2v) is 12.5. The Kier molecular flexibility index (Phi) is 5.17. The van der Waals surface area contributed by atoms with Crippen LogP contribution in [0.4, 0.5) is 8.78 Å². The monoisotopic (exact) mass is 314 g/mol. The summed E-state index contributed by atoms with van der Waals surface area (Å²) in [5.74, 6) is -1.58. The molecule has 1 atom stereocenters. The van der Waals surface area contributed by atoms with Crippen molar-refractivity contribution in [1.82, 2.24) is 0 Å². The zero-order valence-corrected chi connectivity index (χ0v) is 14.3. The van der Waals surface area contributed by atoms with Crippen LogP contribution in [0.1, 0.15) is 29.2 Å². The van der Waals surface area contributed by atoms with Crippen LogP contribution in [0.5, 0.6) is 0 Å². The summed E-state index contributed by atoms with van der Waals surface area (Å²) in [6.45, 7) is 7.66. The van der Waals surface area contributed by atoms with Gasteiger partial charge in [-0.2, -0.15) is 0 Å². The third-order valence-electron chi connectivity index (χ3n) is 3.90. The minimum Gasteiger partial charge on any atom is -0.380 e. The molecule has 0 saturated carbocycles. The molecule has 0 heterocycles. The van der Waals surface area contributed by atoms with Crippen LogP contribution in [0.3, 0.4) is 0 Å². The number of hydrogen-bond donors (Lipinski definition) is 0. The van der Waals surface area contributed by atoms with Crippen molar-refractivity contribution in [3.8, 4) is 0 Å². The second-order valence-electron chi connectivity index (χ2n) is 6.87. The van der Waals surface area contributed by atoms with Crippen molar-refractivity contribution in [3.63, 3.8) is 0 Å². The van der Waals surface area contributed by atoms with Crippen molar-refractivity contribution >= 4 is 8.07 Å². The number of methoxy groups -OCH3 is 1. The zero-order chi connectivity index (χ0) is 15.6. The summed E-state index contributed by atoms with van der Waals surface area (Å²) in [5.41, 5.74) is 1.99. The van der Waals surface area contributed by atoms with Crippen molar-refractivity contribution in [2.24, 2.45) is 0 Å². The van der Waals surface area contributed by atoms with Gasteiger partial charge in [-0.15, -0.1) is 0 Å². The third kappa shape index (κ3) is 3.90. The fourth-order valence-electron chi connectivity index (χ4n) is 2.75. The van der Waals surface area contributed by atoms with Crippen molar-refractivity contribution < 1.29 is 18.3 Å². The zero-order valence-electron chi connectivity index (χ0n) is 13.3. The average molecular weight is 314 g/mol. The van der Waals surface area contributed by atoms with Crippen LogP contribution in [0, 0.1) is 11.6 Å². The van der Waals surface area contributed by atoms with Crippen LogP contribution in [-0.2, 0) is 22.5 Å². The van der Waals surface area contributed by atoms with Gasteiger partial charge in [0.2, 0.25) is 0 Å². The van der Waals surface area contributed by atoms with Gasteiger partial charge in [0.05, 0.1) is 12.7 Å². The lowest BCUT2D eigenvalue weighted by Crippen LogP contribution is -2.22. The molecular formula is C16H24F2O2Si.